The van der Waals surface area contributed by atoms with Gasteiger partial charge in [0.15, 0.2) is 0 Å². The lowest BCUT2D eigenvalue weighted by atomic mass is 10.1. The van der Waals surface area contributed by atoms with Gasteiger partial charge >= 0.3 is 0 Å². The quantitative estimate of drug-likeness (QED) is 0.454. The van der Waals surface area contributed by atoms with Crippen molar-refractivity contribution < 1.29 is 22.3 Å². The summed E-state index contributed by atoms with van der Waals surface area (Å²) in [6.07, 6.45) is 1.50. The lowest BCUT2D eigenvalue weighted by molar-refractivity contribution is 0.419. The number of halogens is 1. The normalized spacial score (nSPS) is 11.4. The van der Waals surface area contributed by atoms with E-state index in [4.69, 9.17) is 9.47 Å². The Morgan fingerprint density at radius 2 is 1.77 bits per heavy atom. The van der Waals surface area contributed by atoms with E-state index in [0.717, 1.165) is 0 Å². The first-order chi connectivity index (χ1) is 15.0. The van der Waals surface area contributed by atoms with E-state index in [1.807, 2.05) is 12.1 Å². The Morgan fingerprint density at radius 3 is 2.48 bits per heavy atom. The van der Waals surface area contributed by atoms with E-state index in [0.29, 0.717) is 27.8 Å². The Bertz CT molecular complexity index is 1330. The number of aromatic nitrogens is 1. The third kappa shape index (κ3) is 4.65. The van der Waals surface area contributed by atoms with Gasteiger partial charge in [-0.1, -0.05) is 36.4 Å². The van der Waals surface area contributed by atoms with Crippen LogP contribution in [-0.4, -0.2) is 20.5 Å². The van der Waals surface area contributed by atoms with Crippen LogP contribution in [-0.2, 0) is 16.6 Å². The number of hydrogen-bond acceptors (Lipinski definition) is 5. The van der Waals surface area contributed by atoms with Gasteiger partial charge in [0.05, 0.1) is 12.0 Å². The molecule has 0 atom stereocenters. The molecule has 31 heavy (non-hydrogen) atoms. The number of rotatable bonds is 7. The van der Waals surface area contributed by atoms with Crippen LogP contribution in [0, 0.1) is 5.82 Å². The molecule has 0 spiro atoms. The molecule has 1 aromatic heterocycles. The van der Waals surface area contributed by atoms with E-state index in [-0.39, 0.29) is 17.3 Å². The first kappa shape index (κ1) is 20.8. The fraction of sp³-hybridized carbons (Fsp3) is 0.0870. The van der Waals surface area contributed by atoms with Gasteiger partial charge in [-0.05, 0) is 29.8 Å². The molecule has 3 aromatic carbocycles. The lowest BCUT2D eigenvalue weighted by Gasteiger charge is -2.12. The molecular weight excluding hydrogens is 419 g/mol. The average Bonchev–Trinajstić information content (AvgIpc) is 2.78. The van der Waals surface area contributed by atoms with Crippen molar-refractivity contribution in [2.45, 2.75) is 11.4 Å². The highest BCUT2D eigenvalue weighted by Crippen LogP contribution is 2.30. The summed E-state index contributed by atoms with van der Waals surface area (Å²) in [6.45, 7) is 0.0515. The molecule has 0 amide bonds. The molecule has 4 aromatic rings. The summed E-state index contributed by atoms with van der Waals surface area (Å²) >= 11 is 0. The molecule has 0 aliphatic heterocycles. The van der Waals surface area contributed by atoms with Crippen molar-refractivity contribution in [2.24, 2.45) is 0 Å². The molecule has 0 saturated heterocycles. The average molecular weight is 438 g/mol. The highest BCUT2D eigenvalue weighted by Gasteiger charge is 2.18. The summed E-state index contributed by atoms with van der Waals surface area (Å²) < 4.78 is 52.5. The molecule has 1 heterocycles. The zero-order valence-corrected chi connectivity index (χ0v) is 17.4. The molecule has 8 heteroatoms. The number of sulfonamides is 1. The third-order valence-electron chi connectivity index (χ3n) is 4.64. The number of fused-ring (bicyclic) bond motifs is 1. The van der Waals surface area contributed by atoms with Crippen molar-refractivity contribution >= 4 is 20.8 Å². The second kappa shape index (κ2) is 8.71. The lowest BCUT2D eigenvalue weighted by Crippen LogP contribution is -2.23. The summed E-state index contributed by atoms with van der Waals surface area (Å²) in [5.74, 6) is 0.799. The molecule has 0 radical (unpaired) electrons. The van der Waals surface area contributed by atoms with Gasteiger partial charge in [-0.3, -0.25) is 0 Å². The van der Waals surface area contributed by atoms with E-state index in [9.17, 15) is 12.8 Å². The van der Waals surface area contributed by atoms with Gasteiger partial charge < -0.3 is 9.47 Å². The minimum absolute atomic E-state index is 0.0515. The zero-order valence-electron chi connectivity index (χ0n) is 16.6. The molecule has 0 unspecified atom stereocenters. The molecule has 158 valence electrons. The van der Waals surface area contributed by atoms with Crippen LogP contribution in [0.15, 0.2) is 83.9 Å². The summed E-state index contributed by atoms with van der Waals surface area (Å²) in [5, 5.41) is 1.29. The maximum atomic E-state index is 13.3. The summed E-state index contributed by atoms with van der Waals surface area (Å²) in [4.78, 5) is 4.32. The topological polar surface area (TPSA) is 77.5 Å². The fourth-order valence-corrected chi connectivity index (χ4v) is 4.37. The van der Waals surface area contributed by atoms with Gasteiger partial charge in [0.2, 0.25) is 15.9 Å². The van der Waals surface area contributed by atoms with Crippen LogP contribution in [0.4, 0.5) is 4.39 Å². The van der Waals surface area contributed by atoms with Crippen LogP contribution in [0.25, 0.3) is 10.8 Å². The summed E-state index contributed by atoms with van der Waals surface area (Å²) in [5.41, 5.74) is 0.646. The molecule has 0 aliphatic rings. The van der Waals surface area contributed by atoms with Crippen molar-refractivity contribution in [3.63, 3.8) is 0 Å². The van der Waals surface area contributed by atoms with Gasteiger partial charge in [0.1, 0.15) is 17.3 Å². The van der Waals surface area contributed by atoms with E-state index >= 15 is 0 Å². The monoisotopic (exact) mass is 438 g/mol. The minimum Gasteiger partial charge on any atom is -0.496 e. The van der Waals surface area contributed by atoms with E-state index in [1.54, 1.807) is 43.5 Å². The molecule has 1 N–H and O–H groups in total. The second-order valence-corrected chi connectivity index (χ2v) is 8.44. The van der Waals surface area contributed by atoms with Gasteiger partial charge in [-0.25, -0.2) is 22.5 Å². The predicted octanol–water partition coefficient (Wildman–Crippen LogP) is 4.65. The third-order valence-corrected chi connectivity index (χ3v) is 6.10. The van der Waals surface area contributed by atoms with Crippen LogP contribution >= 0.6 is 0 Å². The van der Waals surface area contributed by atoms with Crippen LogP contribution in [0.3, 0.4) is 0 Å². The molecule has 0 bridgehead atoms. The number of nitrogens with zero attached hydrogens (tertiary/aromatic N) is 1. The van der Waals surface area contributed by atoms with Crippen LogP contribution in [0.2, 0.25) is 0 Å². The SMILES string of the molecule is COc1ccc(S(=O)(=O)NCc2ccc(Oc3cccc(F)c3)nc2)c2ccccc12. The number of methoxy groups -OCH3 is 1. The van der Waals surface area contributed by atoms with Crippen molar-refractivity contribution in [3.8, 4) is 17.4 Å². The Labute approximate surface area is 179 Å². The Hall–Kier alpha value is -3.49. The van der Waals surface area contributed by atoms with Crippen molar-refractivity contribution in [2.75, 3.05) is 7.11 Å². The van der Waals surface area contributed by atoms with E-state index < -0.39 is 15.8 Å². The Balaban J connectivity index is 1.49. The van der Waals surface area contributed by atoms with E-state index in [1.165, 1.54) is 30.5 Å². The number of benzene rings is 3. The molecule has 0 saturated carbocycles. The highest BCUT2D eigenvalue weighted by molar-refractivity contribution is 7.89. The Kier molecular flexibility index (Phi) is 5.83. The molecular formula is C23H19FN2O4S. The maximum Gasteiger partial charge on any atom is 0.241 e. The number of hydrogen-bond donors (Lipinski definition) is 1. The second-order valence-electron chi connectivity index (χ2n) is 6.70. The van der Waals surface area contributed by atoms with Gasteiger partial charge in [0.25, 0.3) is 0 Å². The number of pyridine rings is 1. The zero-order chi connectivity index (χ0) is 21.8. The summed E-state index contributed by atoms with van der Waals surface area (Å²) in [7, 11) is -2.24. The number of ether oxygens (including phenoxy) is 2. The first-order valence-corrected chi connectivity index (χ1v) is 10.9. The maximum absolute atomic E-state index is 13.3. The van der Waals surface area contributed by atoms with Crippen LogP contribution < -0.4 is 14.2 Å². The number of nitrogens with one attached hydrogen (secondary N) is 1. The van der Waals surface area contributed by atoms with Gasteiger partial charge in [0, 0.05) is 35.6 Å². The smallest absolute Gasteiger partial charge is 0.241 e. The Morgan fingerprint density at radius 1 is 0.968 bits per heavy atom. The summed E-state index contributed by atoms with van der Waals surface area (Å²) in [6, 6.07) is 19.3. The van der Waals surface area contributed by atoms with Crippen LogP contribution in [0.5, 0.6) is 17.4 Å². The predicted molar refractivity (Wildman–Crippen MR) is 115 cm³/mol. The van der Waals surface area contributed by atoms with E-state index in [2.05, 4.69) is 9.71 Å². The van der Waals surface area contributed by atoms with Crippen molar-refractivity contribution in [1.29, 1.82) is 0 Å². The fourth-order valence-electron chi connectivity index (χ4n) is 3.14. The molecule has 0 fully saturated rings. The minimum atomic E-state index is -3.78. The molecule has 4 rings (SSSR count). The molecule has 0 aliphatic carbocycles. The van der Waals surface area contributed by atoms with Crippen molar-refractivity contribution in [3.05, 3.63) is 90.4 Å². The standard InChI is InChI=1S/C23H19FN2O4S/c1-29-21-10-11-22(20-8-3-2-7-19(20)21)31(27,28)26-15-16-9-12-23(25-14-16)30-18-6-4-5-17(24)13-18/h2-14,26H,15H2,1H3. The van der Waals surface area contributed by atoms with Gasteiger partial charge in [-0.15, -0.1) is 0 Å². The van der Waals surface area contributed by atoms with Crippen LogP contribution in [0.1, 0.15) is 5.56 Å². The largest absolute Gasteiger partial charge is 0.496 e. The van der Waals surface area contributed by atoms with Gasteiger partial charge in [-0.2, -0.15) is 0 Å². The first-order valence-electron chi connectivity index (χ1n) is 9.40. The highest BCUT2D eigenvalue weighted by atomic mass is 32.2. The molecule has 6 nitrogen and oxygen atoms in total. The van der Waals surface area contributed by atoms with Crippen molar-refractivity contribution in [1.82, 2.24) is 9.71 Å².